The van der Waals surface area contributed by atoms with Crippen molar-refractivity contribution in [1.82, 2.24) is 15.2 Å². The number of hydrogen-bond acceptors (Lipinski definition) is 4. The van der Waals surface area contributed by atoms with Gasteiger partial charge in [-0.25, -0.2) is 4.98 Å². The van der Waals surface area contributed by atoms with E-state index in [1.54, 1.807) is 18.3 Å². The third-order valence-corrected chi connectivity index (χ3v) is 5.41. The summed E-state index contributed by atoms with van der Waals surface area (Å²) in [6.45, 7) is 0. The van der Waals surface area contributed by atoms with E-state index in [0.29, 0.717) is 15.6 Å². The molecule has 2 N–H and O–H groups in total. The number of hydrogen-bond donors (Lipinski definition) is 2. The Morgan fingerprint density at radius 1 is 1.19 bits per heavy atom. The van der Waals surface area contributed by atoms with Crippen molar-refractivity contribution in [2.24, 2.45) is 0 Å². The number of rotatable bonds is 5. The number of carboxylic acids is 1. The zero-order chi connectivity index (χ0) is 18.8. The summed E-state index contributed by atoms with van der Waals surface area (Å²) in [5.74, 6) is -0.906. The lowest BCUT2D eigenvalue weighted by Gasteiger charge is -2.03. The summed E-state index contributed by atoms with van der Waals surface area (Å²) < 4.78 is 1.02. The highest BCUT2D eigenvalue weighted by Crippen LogP contribution is 2.32. The van der Waals surface area contributed by atoms with Crippen LogP contribution in [0.15, 0.2) is 54.7 Å². The number of carbonyl (C=O) groups is 1. The standard InChI is InChI=1S/C20H14ClN3O2S/c21-15-7-5-12(6-8-15)19-14(11-22-24-19)9-13(10-18(25)26)20-23-16-3-1-2-4-17(16)27-20/h1-9,11H,10H2,(H,22,24)(H,25,26)/b13-9-. The molecule has 5 nitrogen and oxygen atoms in total. The number of nitrogens with one attached hydrogen (secondary N) is 1. The first kappa shape index (κ1) is 17.5. The fourth-order valence-electron chi connectivity index (χ4n) is 2.80. The van der Waals surface area contributed by atoms with Crippen molar-refractivity contribution in [3.8, 4) is 11.3 Å². The second-order valence-corrected chi connectivity index (χ2v) is 7.40. The van der Waals surface area contributed by atoms with Crippen LogP contribution < -0.4 is 0 Å². The number of halogens is 1. The summed E-state index contributed by atoms with van der Waals surface area (Å²) in [7, 11) is 0. The first-order chi connectivity index (χ1) is 13.1. The van der Waals surface area contributed by atoms with Gasteiger partial charge in [-0.1, -0.05) is 35.9 Å². The molecule has 0 aliphatic heterocycles. The zero-order valence-corrected chi connectivity index (χ0v) is 15.6. The fraction of sp³-hybridized carbons (Fsp3) is 0.0500. The summed E-state index contributed by atoms with van der Waals surface area (Å²) in [4.78, 5) is 16.0. The lowest BCUT2D eigenvalue weighted by atomic mass is 10.0. The molecule has 4 aromatic rings. The third-order valence-electron chi connectivity index (χ3n) is 4.04. The van der Waals surface area contributed by atoms with Gasteiger partial charge in [0.2, 0.25) is 0 Å². The molecule has 0 atom stereocenters. The molecule has 0 spiro atoms. The van der Waals surface area contributed by atoms with Crippen LogP contribution in [0.5, 0.6) is 0 Å². The van der Waals surface area contributed by atoms with Crippen LogP contribution in [0.1, 0.15) is 17.0 Å². The van der Waals surface area contributed by atoms with Crippen molar-refractivity contribution in [3.05, 3.63) is 70.3 Å². The van der Waals surface area contributed by atoms with Gasteiger partial charge < -0.3 is 5.11 Å². The van der Waals surface area contributed by atoms with Gasteiger partial charge in [0.25, 0.3) is 0 Å². The number of aromatic nitrogens is 3. The molecule has 134 valence electrons. The molecule has 0 saturated carbocycles. The van der Waals surface area contributed by atoms with Crippen LogP contribution in [0.2, 0.25) is 5.02 Å². The van der Waals surface area contributed by atoms with Gasteiger partial charge in [-0.05, 0) is 35.9 Å². The van der Waals surface area contributed by atoms with Gasteiger partial charge in [0.05, 0.1) is 28.5 Å². The van der Waals surface area contributed by atoms with E-state index in [1.807, 2.05) is 42.5 Å². The molecule has 4 rings (SSSR count). The number of carboxylic acid groups (broad SMARTS) is 1. The summed E-state index contributed by atoms with van der Waals surface area (Å²) in [5, 5.41) is 17.8. The molecule has 0 bridgehead atoms. The SMILES string of the molecule is O=C(O)C/C(=C/c1cn[nH]c1-c1ccc(Cl)cc1)c1nc2ccccc2s1. The Kier molecular flexibility index (Phi) is 4.75. The number of thiazole rings is 1. The number of para-hydroxylation sites is 1. The largest absolute Gasteiger partial charge is 0.481 e. The normalized spacial score (nSPS) is 11.8. The quantitative estimate of drug-likeness (QED) is 0.477. The van der Waals surface area contributed by atoms with Gasteiger partial charge in [0.1, 0.15) is 5.01 Å². The van der Waals surface area contributed by atoms with Gasteiger partial charge in [0, 0.05) is 16.1 Å². The van der Waals surface area contributed by atoms with E-state index < -0.39 is 5.97 Å². The molecule has 27 heavy (non-hydrogen) atoms. The zero-order valence-electron chi connectivity index (χ0n) is 14.0. The van der Waals surface area contributed by atoms with Crippen LogP contribution in [0.3, 0.4) is 0 Å². The maximum absolute atomic E-state index is 11.4. The van der Waals surface area contributed by atoms with Crippen molar-refractivity contribution in [2.75, 3.05) is 0 Å². The molecule has 0 aliphatic rings. The lowest BCUT2D eigenvalue weighted by molar-refractivity contribution is -0.135. The van der Waals surface area contributed by atoms with Crippen molar-refractivity contribution < 1.29 is 9.90 Å². The van der Waals surface area contributed by atoms with Crippen LogP contribution in [-0.2, 0) is 4.79 Å². The van der Waals surface area contributed by atoms with Crippen molar-refractivity contribution in [2.45, 2.75) is 6.42 Å². The van der Waals surface area contributed by atoms with Gasteiger partial charge in [0.15, 0.2) is 0 Å². The highest BCUT2D eigenvalue weighted by Gasteiger charge is 2.15. The predicted molar refractivity (Wildman–Crippen MR) is 109 cm³/mol. The Morgan fingerprint density at radius 2 is 1.96 bits per heavy atom. The van der Waals surface area contributed by atoms with Crippen molar-refractivity contribution in [1.29, 1.82) is 0 Å². The molecule has 0 unspecified atom stereocenters. The minimum atomic E-state index is -0.906. The van der Waals surface area contributed by atoms with Crippen LogP contribution in [0, 0.1) is 0 Å². The Balaban J connectivity index is 1.79. The molecule has 0 amide bonds. The Labute approximate surface area is 164 Å². The second kappa shape index (κ2) is 7.34. The van der Waals surface area contributed by atoms with E-state index in [9.17, 15) is 9.90 Å². The van der Waals surface area contributed by atoms with E-state index in [0.717, 1.165) is 27.0 Å². The number of benzene rings is 2. The smallest absolute Gasteiger partial charge is 0.307 e. The van der Waals surface area contributed by atoms with E-state index in [-0.39, 0.29) is 6.42 Å². The minimum Gasteiger partial charge on any atom is -0.481 e. The number of fused-ring (bicyclic) bond motifs is 1. The molecular weight excluding hydrogens is 382 g/mol. The van der Waals surface area contributed by atoms with E-state index in [4.69, 9.17) is 11.6 Å². The molecular formula is C20H14ClN3O2S. The highest BCUT2D eigenvalue weighted by molar-refractivity contribution is 7.19. The second-order valence-electron chi connectivity index (χ2n) is 5.93. The maximum Gasteiger partial charge on any atom is 0.307 e. The fourth-order valence-corrected chi connectivity index (χ4v) is 3.91. The summed E-state index contributed by atoms with van der Waals surface area (Å²) in [6, 6.07) is 15.1. The van der Waals surface area contributed by atoms with Gasteiger partial charge in [-0.2, -0.15) is 5.10 Å². The van der Waals surface area contributed by atoms with Gasteiger partial charge in [-0.15, -0.1) is 11.3 Å². The molecule has 2 aromatic heterocycles. The topological polar surface area (TPSA) is 78.9 Å². The van der Waals surface area contributed by atoms with E-state index in [1.165, 1.54) is 11.3 Å². The summed E-state index contributed by atoms with van der Waals surface area (Å²) >= 11 is 7.45. The number of aliphatic carboxylic acids is 1. The molecule has 2 aromatic carbocycles. The van der Waals surface area contributed by atoms with Gasteiger partial charge >= 0.3 is 5.97 Å². The van der Waals surface area contributed by atoms with Crippen LogP contribution >= 0.6 is 22.9 Å². The first-order valence-corrected chi connectivity index (χ1v) is 9.37. The Hall–Kier alpha value is -2.96. The number of nitrogens with zero attached hydrogens (tertiary/aromatic N) is 2. The molecule has 7 heteroatoms. The van der Waals surface area contributed by atoms with Gasteiger partial charge in [-0.3, -0.25) is 9.89 Å². The van der Waals surface area contributed by atoms with Crippen molar-refractivity contribution in [3.63, 3.8) is 0 Å². The van der Waals surface area contributed by atoms with Crippen LogP contribution in [0.4, 0.5) is 0 Å². The monoisotopic (exact) mass is 395 g/mol. The Bertz CT molecular complexity index is 1110. The van der Waals surface area contributed by atoms with Crippen LogP contribution in [0.25, 0.3) is 33.1 Å². The summed E-state index contributed by atoms with van der Waals surface area (Å²) in [6.07, 6.45) is 3.39. The predicted octanol–water partition coefficient (Wildman–Crippen LogP) is 5.36. The summed E-state index contributed by atoms with van der Waals surface area (Å²) in [5.41, 5.74) is 4.02. The highest BCUT2D eigenvalue weighted by atomic mass is 35.5. The molecule has 0 aliphatic carbocycles. The Morgan fingerprint density at radius 3 is 2.70 bits per heavy atom. The molecule has 2 heterocycles. The molecule has 0 fully saturated rings. The molecule has 0 saturated heterocycles. The average molecular weight is 396 g/mol. The molecule has 0 radical (unpaired) electrons. The number of aromatic amines is 1. The number of H-pyrrole nitrogens is 1. The first-order valence-electron chi connectivity index (χ1n) is 8.18. The minimum absolute atomic E-state index is 0.120. The third kappa shape index (κ3) is 3.77. The lowest BCUT2D eigenvalue weighted by Crippen LogP contribution is -1.97. The maximum atomic E-state index is 11.4. The average Bonchev–Trinajstić information content (AvgIpc) is 3.28. The van der Waals surface area contributed by atoms with Crippen LogP contribution in [-0.4, -0.2) is 26.3 Å². The van der Waals surface area contributed by atoms with E-state index >= 15 is 0 Å². The van der Waals surface area contributed by atoms with E-state index in [2.05, 4.69) is 15.2 Å². The van der Waals surface area contributed by atoms with Crippen molar-refractivity contribution >= 4 is 50.8 Å².